The van der Waals surface area contributed by atoms with E-state index in [2.05, 4.69) is 5.10 Å². The van der Waals surface area contributed by atoms with Crippen molar-refractivity contribution in [3.63, 3.8) is 0 Å². The summed E-state index contributed by atoms with van der Waals surface area (Å²) in [7, 11) is 1.87. The molecule has 0 unspecified atom stereocenters. The Morgan fingerprint density at radius 2 is 2.24 bits per heavy atom. The van der Waals surface area contributed by atoms with Crippen molar-refractivity contribution in [2.24, 2.45) is 7.05 Å². The summed E-state index contributed by atoms with van der Waals surface area (Å²) >= 11 is 0. The van der Waals surface area contributed by atoms with Gasteiger partial charge in [0, 0.05) is 18.4 Å². The molecule has 1 saturated carbocycles. The molecule has 1 N–H and O–H groups in total. The van der Waals surface area contributed by atoms with Gasteiger partial charge in [0.15, 0.2) is 0 Å². The van der Waals surface area contributed by atoms with Crippen LogP contribution in [0.2, 0.25) is 0 Å². The summed E-state index contributed by atoms with van der Waals surface area (Å²) in [5, 5.41) is 14.6. The molecule has 0 spiro atoms. The molecule has 1 fully saturated rings. The third kappa shape index (κ3) is 1.52. The third-order valence-corrected chi connectivity index (χ3v) is 3.62. The van der Waals surface area contributed by atoms with Gasteiger partial charge in [-0.25, -0.2) is 4.79 Å². The van der Waals surface area contributed by atoms with Crippen molar-refractivity contribution < 1.29 is 9.90 Å². The van der Waals surface area contributed by atoms with Crippen molar-refractivity contribution in [2.45, 2.75) is 25.2 Å². The van der Waals surface area contributed by atoms with Gasteiger partial charge in [-0.05, 0) is 25.0 Å². The molecule has 0 saturated heterocycles. The van der Waals surface area contributed by atoms with E-state index in [1.165, 1.54) is 19.3 Å². The van der Waals surface area contributed by atoms with E-state index >= 15 is 0 Å². The maximum absolute atomic E-state index is 10.9. The smallest absolute Gasteiger partial charge is 0.335 e. The number of aryl methyl sites for hydroxylation is 1. The molecule has 3 rings (SSSR count). The molecule has 0 amide bonds. The van der Waals surface area contributed by atoms with Gasteiger partial charge in [0.2, 0.25) is 0 Å². The normalized spacial score (nSPS) is 16.1. The first-order valence-electron chi connectivity index (χ1n) is 5.87. The second-order valence-corrected chi connectivity index (χ2v) is 4.67. The fourth-order valence-electron chi connectivity index (χ4n) is 2.40. The van der Waals surface area contributed by atoms with Crippen LogP contribution in [0.4, 0.5) is 0 Å². The van der Waals surface area contributed by atoms with Crippen LogP contribution < -0.4 is 0 Å². The largest absolute Gasteiger partial charge is 0.478 e. The summed E-state index contributed by atoms with van der Waals surface area (Å²) in [6.45, 7) is 0. The van der Waals surface area contributed by atoms with Gasteiger partial charge in [0.25, 0.3) is 0 Å². The predicted molar refractivity (Wildman–Crippen MR) is 64.3 cm³/mol. The summed E-state index contributed by atoms with van der Waals surface area (Å²) < 4.78 is 1.79. The zero-order chi connectivity index (χ0) is 12.0. The first-order chi connectivity index (χ1) is 8.16. The van der Waals surface area contributed by atoms with E-state index < -0.39 is 5.97 Å². The van der Waals surface area contributed by atoms with Crippen LogP contribution in [0.3, 0.4) is 0 Å². The first kappa shape index (κ1) is 10.3. The molecule has 2 aromatic rings. The summed E-state index contributed by atoms with van der Waals surface area (Å²) in [6.07, 6.45) is 3.68. The van der Waals surface area contributed by atoms with E-state index in [9.17, 15) is 4.79 Å². The second kappa shape index (κ2) is 3.58. The number of hydrogen-bond acceptors (Lipinski definition) is 2. The fourth-order valence-corrected chi connectivity index (χ4v) is 2.40. The molecule has 4 heteroatoms. The van der Waals surface area contributed by atoms with Crippen molar-refractivity contribution in [3.05, 3.63) is 29.5 Å². The van der Waals surface area contributed by atoms with E-state index in [1.807, 2.05) is 13.1 Å². The Hall–Kier alpha value is -1.84. The van der Waals surface area contributed by atoms with E-state index in [0.717, 1.165) is 16.6 Å². The monoisotopic (exact) mass is 230 g/mol. The second-order valence-electron chi connectivity index (χ2n) is 4.67. The highest BCUT2D eigenvalue weighted by molar-refractivity contribution is 5.94. The van der Waals surface area contributed by atoms with E-state index in [4.69, 9.17) is 5.11 Å². The number of hydrogen-bond donors (Lipinski definition) is 1. The van der Waals surface area contributed by atoms with Gasteiger partial charge in [0.1, 0.15) is 0 Å². The maximum atomic E-state index is 10.9. The van der Waals surface area contributed by atoms with Gasteiger partial charge < -0.3 is 5.11 Å². The molecule has 0 bridgehead atoms. The molecule has 0 radical (unpaired) electrons. The number of carboxylic acids is 1. The van der Waals surface area contributed by atoms with Crippen molar-refractivity contribution in [1.82, 2.24) is 9.78 Å². The standard InChI is InChI=1S/C13H14N2O2/c1-15-11-7-9(13(16)17)5-6-10(11)12(14-15)8-3-2-4-8/h5-8H,2-4H2,1H3,(H,16,17). The van der Waals surface area contributed by atoms with Gasteiger partial charge in [0.05, 0.1) is 16.8 Å². The Bertz CT molecular complexity index is 597. The number of aromatic nitrogens is 2. The third-order valence-electron chi connectivity index (χ3n) is 3.62. The number of rotatable bonds is 2. The lowest BCUT2D eigenvalue weighted by atomic mass is 9.82. The zero-order valence-corrected chi connectivity index (χ0v) is 9.68. The van der Waals surface area contributed by atoms with Crippen LogP contribution in [0, 0.1) is 0 Å². The predicted octanol–water partition coefficient (Wildman–Crippen LogP) is 2.54. The average Bonchev–Trinajstić information content (AvgIpc) is 2.54. The Morgan fingerprint density at radius 3 is 2.82 bits per heavy atom. The SMILES string of the molecule is Cn1nc(C2CCC2)c2ccc(C(=O)O)cc21. The highest BCUT2D eigenvalue weighted by Gasteiger charge is 2.25. The molecule has 0 aliphatic heterocycles. The van der Waals surface area contributed by atoms with E-state index in [1.54, 1.807) is 16.8 Å². The van der Waals surface area contributed by atoms with Crippen molar-refractivity contribution >= 4 is 16.9 Å². The summed E-state index contributed by atoms with van der Waals surface area (Å²) in [5.41, 5.74) is 2.36. The summed E-state index contributed by atoms with van der Waals surface area (Å²) in [6, 6.07) is 5.25. The highest BCUT2D eigenvalue weighted by atomic mass is 16.4. The first-order valence-corrected chi connectivity index (χ1v) is 5.87. The van der Waals surface area contributed by atoms with Crippen molar-refractivity contribution in [3.8, 4) is 0 Å². The molecule has 1 aliphatic rings. The van der Waals surface area contributed by atoms with E-state index in [0.29, 0.717) is 11.5 Å². The lowest BCUT2D eigenvalue weighted by Gasteiger charge is -2.23. The Labute approximate surface area is 98.9 Å². The number of carboxylic acid groups (broad SMARTS) is 1. The molecular formula is C13H14N2O2. The van der Waals surface area contributed by atoms with Crippen LogP contribution in [0.1, 0.15) is 41.2 Å². The quantitative estimate of drug-likeness (QED) is 0.862. The Balaban J connectivity index is 2.17. The molecule has 1 heterocycles. The van der Waals surface area contributed by atoms with E-state index in [-0.39, 0.29) is 0 Å². The van der Waals surface area contributed by atoms with Crippen molar-refractivity contribution in [2.75, 3.05) is 0 Å². The number of aromatic carboxylic acids is 1. The minimum atomic E-state index is -0.890. The fraction of sp³-hybridized carbons (Fsp3) is 0.385. The number of carbonyl (C=O) groups is 1. The number of benzene rings is 1. The van der Waals surface area contributed by atoms with Crippen LogP contribution in [-0.2, 0) is 7.05 Å². The summed E-state index contributed by atoms with van der Waals surface area (Å²) in [4.78, 5) is 10.9. The lowest BCUT2D eigenvalue weighted by molar-refractivity contribution is 0.0697. The molecule has 17 heavy (non-hydrogen) atoms. The van der Waals surface area contributed by atoms with Crippen LogP contribution in [0.15, 0.2) is 18.2 Å². The number of nitrogens with zero attached hydrogens (tertiary/aromatic N) is 2. The van der Waals surface area contributed by atoms with Crippen LogP contribution in [0.5, 0.6) is 0 Å². The van der Waals surface area contributed by atoms with Gasteiger partial charge >= 0.3 is 5.97 Å². The summed E-state index contributed by atoms with van der Waals surface area (Å²) in [5.74, 6) is -0.326. The van der Waals surface area contributed by atoms with Crippen LogP contribution in [0.25, 0.3) is 10.9 Å². The van der Waals surface area contributed by atoms with Gasteiger partial charge in [-0.15, -0.1) is 0 Å². The maximum Gasteiger partial charge on any atom is 0.335 e. The van der Waals surface area contributed by atoms with Gasteiger partial charge in [-0.2, -0.15) is 5.10 Å². The lowest BCUT2D eigenvalue weighted by Crippen LogP contribution is -2.09. The zero-order valence-electron chi connectivity index (χ0n) is 9.68. The van der Waals surface area contributed by atoms with Crippen LogP contribution in [-0.4, -0.2) is 20.9 Å². The van der Waals surface area contributed by atoms with Crippen LogP contribution >= 0.6 is 0 Å². The van der Waals surface area contributed by atoms with Gasteiger partial charge in [-0.1, -0.05) is 12.5 Å². The molecule has 4 nitrogen and oxygen atoms in total. The molecule has 88 valence electrons. The van der Waals surface area contributed by atoms with Crippen molar-refractivity contribution in [1.29, 1.82) is 0 Å². The molecule has 0 atom stereocenters. The minimum Gasteiger partial charge on any atom is -0.478 e. The Morgan fingerprint density at radius 1 is 1.47 bits per heavy atom. The molecule has 1 aromatic heterocycles. The highest BCUT2D eigenvalue weighted by Crippen LogP contribution is 2.38. The average molecular weight is 230 g/mol. The van der Waals surface area contributed by atoms with Gasteiger partial charge in [-0.3, -0.25) is 4.68 Å². The molecule has 1 aromatic carbocycles. The molecule has 1 aliphatic carbocycles. The molecular weight excluding hydrogens is 216 g/mol. The topological polar surface area (TPSA) is 55.1 Å². The minimum absolute atomic E-state index is 0.320. The number of fused-ring (bicyclic) bond motifs is 1. The Kier molecular flexibility index (Phi) is 2.18.